The van der Waals surface area contributed by atoms with E-state index >= 15 is 0 Å². The van der Waals surface area contributed by atoms with Crippen LogP contribution in [0.4, 0.5) is 5.69 Å². The van der Waals surface area contributed by atoms with Gasteiger partial charge in [-0.2, -0.15) is 0 Å². The molecular weight excluding hydrogens is 428 g/mol. The molecule has 1 amide bonds. The maximum absolute atomic E-state index is 12.9. The fourth-order valence-corrected chi connectivity index (χ4v) is 4.72. The van der Waals surface area contributed by atoms with E-state index in [1.165, 1.54) is 18.4 Å². The van der Waals surface area contributed by atoms with E-state index in [4.69, 9.17) is 21.1 Å². The third-order valence-electron chi connectivity index (χ3n) is 6.50. The maximum Gasteiger partial charge on any atom is 0.268 e. The van der Waals surface area contributed by atoms with Crippen LogP contribution in [0.2, 0.25) is 5.02 Å². The molecular formula is C25H29ClN2O4. The summed E-state index contributed by atoms with van der Waals surface area (Å²) >= 11 is 6.44. The monoisotopic (exact) mass is 456 g/mol. The normalized spacial score (nSPS) is 23.7. The van der Waals surface area contributed by atoms with Gasteiger partial charge in [-0.1, -0.05) is 23.7 Å². The number of hydrogen-bond donors (Lipinski definition) is 1. The van der Waals surface area contributed by atoms with Crippen molar-refractivity contribution in [1.82, 2.24) is 4.90 Å². The van der Waals surface area contributed by atoms with Crippen molar-refractivity contribution in [3.8, 4) is 11.5 Å². The first-order valence-corrected chi connectivity index (χ1v) is 11.9. The van der Waals surface area contributed by atoms with Crippen LogP contribution < -0.4 is 14.4 Å². The van der Waals surface area contributed by atoms with Crippen molar-refractivity contribution < 1.29 is 19.4 Å². The van der Waals surface area contributed by atoms with E-state index in [-0.39, 0.29) is 12.0 Å². The quantitative estimate of drug-likeness (QED) is 0.653. The van der Waals surface area contributed by atoms with Crippen molar-refractivity contribution in [3.63, 3.8) is 0 Å². The number of halogens is 1. The lowest BCUT2D eigenvalue weighted by Crippen LogP contribution is -2.32. The van der Waals surface area contributed by atoms with Crippen LogP contribution in [0.15, 0.2) is 42.5 Å². The fourth-order valence-electron chi connectivity index (χ4n) is 4.49. The molecule has 2 aliphatic heterocycles. The third-order valence-corrected chi connectivity index (χ3v) is 6.80. The Labute approximate surface area is 193 Å². The number of likely N-dealkylation sites (tertiary alicyclic amines) is 1. The average Bonchev–Trinajstić information content (AvgIpc) is 3.47. The van der Waals surface area contributed by atoms with Gasteiger partial charge in [0.15, 0.2) is 6.10 Å². The van der Waals surface area contributed by atoms with E-state index in [1.54, 1.807) is 11.0 Å². The zero-order valence-electron chi connectivity index (χ0n) is 18.1. The van der Waals surface area contributed by atoms with E-state index < -0.39 is 6.10 Å². The second-order valence-electron chi connectivity index (χ2n) is 8.93. The third kappa shape index (κ3) is 4.87. The van der Waals surface area contributed by atoms with Gasteiger partial charge in [-0.05, 0) is 61.1 Å². The molecule has 2 atom stereocenters. The Balaban J connectivity index is 1.15. The van der Waals surface area contributed by atoms with E-state index in [0.717, 1.165) is 30.9 Å². The molecule has 1 aliphatic carbocycles. The molecule has 0 aromatic heterocycles. The van der Waals surface area contributed by atoms with Crippen LogP contribution in [0.25, 0.3) is 0 Å². The van der Waals surface area contributed by atoms with Gasteiger partial charge in [-0.15, -0.1) is 0 Å². The Kier molecular flexibility index (Phi) is 6.26. The predicted octanol–water partition coefficient (Wildman–Crippen LogP) is 3.85. The Morgan fingerprint density at radius 1 is 1.03 bits per heavy atom. The number of carbonyl (C=O) groups is 1. The molecule has 3 aliphatic rings. The van der Waals surface area contributed by atoms with Gasteiger partial charge >= 0.3 is 0 Å². The Morgan fingerprint density at radius 3 is 2.53 bits per heavy atom. The summed E-state index contributed by atoms with van der Waals surface area (Å²) < 4.78 is 11.8. The second-order valence-corrected chi connectivity index (χ2v) is 9.34. The maximum atomic E-state index is 12.9. The largest absolute Gasteiger partial charge is 0.491 e. The molecule has 170 valence electrons. The Bertz CT molecular complexity index is 963. The van der Waals surface area contributed by atoms with Gasteiger partial charge in [-0.3, -0.25) is 9.69 Å². The zero-order valence-corrected chi connectivity index (χ0v) is 18.8. The van der Waals surface area contributed by atoms with Gasteiger partial charge in [-0.25, -0.2) is 0 Å². The van der Waals surface area contributed by atoms with Crippen LogP contribution >= 0.6 is 11.6 Å². The lowest BCUT2D eigenvalue weighted by molar-refractivity contribution is -0.122. The summed E-state index contributed by atoms with van der Waals surface area (Å²) in [6, 6.07) is 13.6. The second kappa shape index (κ2) is 9.30. The minimum absolute atomic E-state index is 0.0476. The predicted molar refractivity (Wildman–Crippen MR) is 124 cm³/mol. The molecule has 0 radical (unpaired) electrons. The van der Waals surface area contributed by atoms with Crippen molar-refractivity contribution in [2.24, 2.45) is 0 Å². The Morgan fingerprint density at radius 2 is 1.84 bits per heavy atom. The standard InChI is InChI=1S/C25H29ClN2O4/c26-22-15-19(5-8-23(22)31-14-13-27-11-9-20(29)16-27)28-12-10-24(25(28)30)32-21-6-3-18(4-7-21)17-1-2-17/h3-8,15,17,20,24,29H,1-2,9-14,16H2/t20-,24+/m1/s1. The summed E-state index contributed by atoms with van der Waals surface area (Å²) in [7, 11) is 0. The van der Waals surface area contributed by atoms with Crippen molar-refractivity contribution in [1.29, 1.82) is 0 Å². The molecule has 3 fully saturated rings. The van der Waals surface area contributed by atoms with Crippen molar-refractivity contribution in [2.75, 3.05) is 37.7 Å². The topological polar surface area (TPSA) is 62.2 Å². The van der Waals surface area contributed by atoms with Crippen LogP contribution in [0, 0.1) is 0 Å². The molecule has 2 heterocycles. The van der Waals surface area contributed by atoms with Gasteiger partial charge in [0.25, 0.3) is 5.91 Å². The minimum Gasteiger partial charge on any atom is -0.491 e. The number of β-amino-alcohol motifs (C(OH)–C–C–N with tert-alkyl or cyclic N) is 1. The number of aliphatic hydroxyl groups is 1. The van der Waals surface area contributed by atoms with Crippen LogP contribution in [-0.4, -0.2) is 60.9 Å². The van der Waals surface area contributed by atoms with Crippen molar-refractivity contribution >= 4 is 23.2 Å². The smallest absolute Gasteiger partial charge is 0.268 e. The highest BCUT2D eigenvalue weighted by molar-refractivity contribution is 6.32. The number of anilines is 1. The van der Waals surface area contributed by atoms with E-state index in [0.29, 0.717) is 42.8 Å². The van der Waals surface area contributed by atoms with Gasteiger partial charge in [0.1, 0.15) is 18.1 Å². The first-order chi connectivity index (χ1) is 15.6. The summed E-state index contributed by atoms with van der Waals surface area (Å²) in [6.07, 6.45) is 3.28. The van der Waals surface area contributed by atoms with Crippen LogP contribution in [0.1, 0.15) is 37.2 Å². The molecule has 2 aromatic carbocycles. The Hall–Kier alpha value is -2.28. The van der Waals surface area contributed by atoms with Crippen LogP contribution in [0.5, 0.6) is 11.5 Å². The first-order valence-electron chi connectivity index (χ1n) is 11.5. The van der Waals surface area contributed by atoms with Gasteiger partial charge in [0.2, 0.25) is 0 Å². The van der Waals surface area contributed by atoms with Gasteiger partial charge < -0.3 is 19.5 Å². The molecule has 32 heavy (non-hydrogen) atoms. The zero-order chi connectivity index (χ0) is 22.1. The molecule has 2 saturated heterocycles. The SMILES string of the molecule is O=C1[C@@H](Oc2ccc(C3CC3)cc2)CCN1c1ccc(OCCN2CC[C@@H](O)C2)c(Cl)c1. The minimum atomic E-state index is -0.479. The summed E-state index contributed by atoms with van der Waals surface area (Å²) in [5.74, 6) is 2.00. The highest BCUT2D eigenvalue weighted by Gasteiger charge is 2.34. The molecule has 0 bridgehead atoms. The average molecular weight is 457 g/mol. The van der Waals surface area contributed by atoms with Crippen molar-refractivity contribution in [3.05, 3.63) is 53.1 Å². The summed E-state index contributed by atoms with van der Waals surface area (Å²) in [6.45, 7) is 3.44. The molecule has 5 rings (SSSR count). The first kappa shape index (κ1) is 21.6. The lowest BCUT2D eigenvalue weighted by atomic mass is 10.1. The molecule has 0 spiro atoms. The van der Waals surface area contributed by atoms with Crippen LogP contribution in [-0.2, 0) is 4.79 Å². The van der Waals surface area contributed by atoms with Gasteiger partial charge in [0.05, 0.1) is 11.1 Å². The highest BCUT2D eigenvalue weighted by Crippen LogP contribution is 2.40. The molecule has 1 N–H and O–H groups in total. The number of hydrogen-bond acceptors (Lipinski definition) is 5. The number of ether oxygens (including phenoxy) is 2. The lowest BCUT2D eigenvalue weighted by Gasteiger charge is -2.19. The number of rotatable bonds is 8. The van der Waals surface area contributed by atoms with E-state index in [1.807, 2.05) is 24.3 Å². The number of benzene rings is 2. The fraction of sp³-hybridized carbons (Fsp3) is 0.480. The number of carbonyl (C=O) groups excluding carboxylic acids is 1. The van der Waals surface area contributed by atoms with E-state index in [2.05, 4.69) is 17.0 Å². The molecule has 7 heteroatoms. The highest BCUT2D eigenvalue weighted by atomic mass is 35.5. The molecule has 0 unspecified atom stereocenters. The summed E-state index contributed by atoms with van der Waals surface area (Å²) in [5, 5.41) is 10.1. The molecule has 6 nitrogen and oxygen atoms in total. The number of nitrogens with zero attached hydrogens (tertiary/aromatic N) is 2. The summed E-state index contributed by atoms with van der Waals surface area (Å²) in [4.78, 5) is 16.8. The molecule has 1 saturated carbocycles. The van der Waals surface area contributed by atoms with E-state index in [9.17, 15) is 9.90 Å². The molecule has 2 aromatic rings. The van der Waals surface area contributed by atoms with Crippen molar-refractivity contribution in [2.45, 2.75) is 43.8 Å². The number of amides is 1. The number of aliphatic hydroxyl groups excluding tert-OH is 1. The van der Waals surface area contributed by atoms with Gasteiger partial charge in [0, 0.05) is 38.3 Å². The summed E-state index contributed by atoms with van der Waals surface area (Å²) in [5.41, 5.74) is 2.11. The van der Waals surface area contributed by atoms with Crippen LogP contribution in [0.3, 0.4) is 0 Å².